The van der Waals surface area contributed by atoms with Gasteiger partial charge in [0.1, 0.15) is 0 Å². The van der Waals surface area contributed by atoms with Gasteiger partial charge in [0.15, 0.2) is 0 Å². The number of thiophene rings is 1. The molecular formula is C12H11NO2S. The van der Waals surface area contributed by atoms with Gasteiger partial charge in [-0.3, -0.25) is 4.79 Å². The molecule has 0 unspecified atom stereocenters. The molecule has 0 fully saturated rings. The van der Waals surface area contributed by atoms with Gasteiger partial charge in [0.2, 0.25) is 0 Å². The lowest BCUT2D eigenvalue weighted by molar-refractivity contribution is -0.136. The van der Waals surface area contributed by atoms with Gasteiger partial charge in [-0.2, -0.15) is 0 Å². The van der Waals surface area contributed by atoms with Crippen molar-refractivity contribution in [2.75, 3.05) is 5.73 Å². The Balaban J connectivity index is 2.37. The minimum absolute atomic E-state index is 0.0106. The number of aliphatic carboxylic acids is 1. The molecule has 0 aliphatic rings. The molecule has 82 valence electrons. The third-order valence-corrected chi connectivity index (χ3v) is 3.31. The monoisotopic (exact) mass is 233 g/mol. The Morgan fingerprint density at radius 3 is 2.62 bits per heavy atom. The zero-order chi connectivity index (χ0) is 11.5. The number of anilines is 1. The summed E-state index contributed by atoms with van der Waals surface area (Å²) in [6.45, 7) is 0. The van der Waals surface area contributed by atoms with Crippen LogP contribution in [-0.4, -0.2) is 11.1 Å². The fourth-order valence-electron chi connectivity index (χ4n) is 1.52. The normalized spacial score (nSPS) is 10.2. The highest BCUT2D eigenvalue weighted by atomic mass is 32.1. The van der Waals surface area contributed by atoms with Crippen molar-refractivity contribution in [3.63, 3.8) is 0 Å². The van der Waals surface area contributed by atoms with E-state index in [0.29, 0.717) is 10.6 Å². The molecule has 0 bridgehead atoms. The summed E-state index contributed by atoms with van der Waals surface area (Å²) in [7, 11) is 0. The maximum absolute atomic E-state index is 10.6. The maximum atomic E-state index is 10.6. The number of nitrogen functional groups attached to an aromatic ring is 1. The Labute approximate surface area is 97.2 Å². The number of carbonyl (C=O) groups is 1. The number of hydrogen-bond acceptors (Lipinski definition) is 3. The summed E-state index contributed by atoms with van der Waals surface area (Å²) in [5, 5.41) is 10.6. The number of rotatable bonds is 3. The first-order valence-electron chi connectivity index (χ1n) is 4.81. The van der Waals surface area contributed by atoms with E-state index >= 15 is 0 Å². The van der Waals surface area contributed by atoms with Gasteiger partial charge in [-0.15, -0.1) is 11.3 Å². The number of carboxylic acids is 1. The van der Waals surface area contributed by atoms with Gasteiger partial charge in [-0.05, 0) is 5.56 Å². The summed E-state index contributed by atoms with van der Waals surface area (Å²) in [5.74, 6) is -0.854. The minimum Gasteiger partial charge on any atom is -0.481 e. The molecule has 0 radical (unpaired) electrons. The van der Waals surface area contributed by atoms with Crippen molar-refractivity contribution >= 4 is 23.0 Å². The molecule has 4 heteroatoms. The molecule has 1 heterocycles. The van der Waals surface area contributed by atoms with Crippen LogP contribution in [0.25, 0.3) is 11.1 Å². The first kappa shape index (κ1) is 10.7. The molecular weight excluding hydrogens is 222 g/mol. The molecule has 2 rings (SSSR count). The molecule has 0 aliphatic carbocycles. The van der Waals surface area contributed by atoms with Gasteiger partial charge in [-0.1, -0.05) is 30.3 Å². The van der Waals surface area contributed by atoms with Gasteiger partial charge >= 0.3 is 5.97 Å². The standard InChI is InChI=1S/C12H11NO2S/c13-12-9(8-4-2-1-3-5-8)7-16-10(12)6-11(14)15/h1-5,7H,6,13H2,(H,14,15). The van der Waals surface area contributed by atoms with E-state index in [-0.39, 0.29) is 6.42 Å². The van der Waals surface area contributed by atoms with Crippen molar-refractivity contribution in [2.24, 2.45) is 0 Å². The maximum Gasteiger partial charge on any atom is 0.308 e. The SMILES string of the molecule is Nc1c(-c2ccccc2)csc1CC(=O)O. The number of hydrogen-bond donors (Lipinski definition) is 2. The molecule has 1 aromatic carbocycles. The fourth-order valence-corrected chi connectivity index (χ4v) is 2.49. The van der Waals surface area contributed by atoms with Crippen LogP contribution in [0.3, 0.4) is 0 Å². The van der Waals surface area contributed by atoms with Crippen LogP contribution >= 0.6 is 11.3 Å². The van der Waals surface area contributed by atoms with Gasteiger partial charge < -0.3 is 10.8 Å². The Bertz CT molecular complexity index is 505. The van der Waals surface area contributed by atoms with Crippen LogP contribution in [0.1, 0.15) is 4.88 Å². The second-order valence-corrected chi connectivity index (χ2v) is 4.39. The van der Waals surface area contributed by atoms with E-state index in [1.165, 1.54) is 11.3 Å². The molecule has 1 aromatic heterocycles. The highest BCUT2D eigenvalue weighted by molar-refractivity contribution is 7.11. The van der Waals surface area contributed by atoms with Crippen molar-refractivity contribution < 1.29 is 9.90 Å². The molecule has 0 saturated heterocycles. The second kappa shape index (κ2) is 4.37. The third kappa shape index (κ3) is 2.06. The first-order valence-corrected chi connectivity index (χ1v) is 5.69. The van der Waals surface area contributed by atoms with Gasteiger partial charge in [-0.25, -0.2) is 0 Å². The van der Waals surface area contributed by atoms with Crippen LogP contribution in [0.2, 0.25) is 0 Å². The topological polar surface area (TPSA) is 63.3 Å². The Kier molecular flexibility index (Phi) is 2.92. The Morgan fingerprint density at radius 1 is 1.31 bits per heavy atom. The zero-order valence-corrected chi connectivity index (χ0v) is 9.33. The van der Waals surface area contributed by atoms with Crippen LogP contribution in [0.4, 0.5) is 5.69 Å². The van der Waals surface area contributed by atoms with E-state index in [1.54, 1.807) is 0 Å². The van der Waals surface area contributed by atoms with E-state index in [1.807, 2.05) is 35.7 Å². The van der Waals surface area contributed by atoms with Crippen molar-refractivity contribution in [3.05, 3.63) is 40.6 Å². The largest absolute Gasteiger partial charge is 0.481 e. The molecule has 16 heavy (non-hydrogen) atoms. The smallest absolute Gasteiger partial charge is 0.308 e. The molecule has 0 spiro atoms. The van der Waals surface area contributed by atoms with E-state index in [0.717, 1.165) is 11.1 Å². The van der Waals surface area contributed by atoms with Crippen LogP contribution in [0.15, 0.2) is 35.7 Å². The van der Waals surface area contributed by atoms with E-state index in [9.17, 15) is 4.79 Å². The van der Waals surface area contributed by atoms with Crippen molar-refractivity contribution in [3.8, 4) is 11.1 Å². The molecule has 0 amide bonds. The number of carboxylic acid groups (broad SMARTS) is 1. The highest BCUT2D eigenvalue weighted by Crippen LogP contribution is 2.34. The lowest BCUT2D eigenvalue weighted by atomic mass is 10.1. The molecule has 0 atom stereocenters. The third-order valence-electron chi connectivity index (χ3n) is 2.31. The van der Waals surface area contributed by atoms with Crippen LogP contribution in [-0.2, 0) is 11.2 Å². The molecule has 2 aromatic rings. The van der Waals surface area contributed by atoms with Crippen LogP contribution in [0, 0.1) is 0 Å². The van der Waals surface area contributed by atoms with Crippen molar-refractivity contribution in [1.82, 2.24) is 0 Å². The summed E-state index contributed by atoms with van der Waals surface area (Å²) in [6.07, 6.45) is -0.0106. The molecule has 3 nitrogen and oxygen atoms in total. The molecule has 3 N–H and O–H groups in total. The Morgan fingerprint density at radius 2 is 2.00 bits per heavy atom. The predicted molar refractivity (Wildman–Crippen MR) is 65.5 cm³/mol. The van der Waals surface area contributed by atoms with E-state index < -0.39 is 5.97 Å². The van der Waals surface area contributed by atoms with Crippen molar-refractivity contribution in [2.45, 2.75) is 6.42 Å². The lowest BCUT2D eigenvalue weighted by Crippen LogP contribution is -2.00. The van der Waals surface area contributed by atoms with Gasteiger partial charge in [0, 0.05) is 15.8 Å². The highest BCUT2D eigenvalue weighted by Gasteiger charge is 2.12. The molecule has 0 saturated carbocycles. The summed E-state index contributed by atoms with van der Waals surface area (Å²) in [4.78, 5) is 11.3. The summed E-state index contributed by atoms with van der Waals surface area (Å²) < 4.78 is 0. The van der Waals surface area contributed by atoms with Crippen LogP contribution in [0.5, 0.6) is 0 Å². The number of nitrogens with two attached hydrogens (primary N) is 1. The fraction of sp³-hybridized carbons (Fsp3) is 0.0833. The van der Waals surface area contributed by atoms with E-state index in [2.05, 4.69) is 0 Å². The Hall–Kier alpha value is -1.81. The molecule has 0 aliphatic heterocycles. The summed E-state index contributed by atoms with van der Waals surface area (Å²) in [6, 6.07) is 9.72. The summed E-state index contributed by atoms with van der Waals surface area (Å²) in [5.41, 5.74) is 8.45. The van der Waals surface area contributed by atoms with Gasteiger partial charge in [0.25, 0.3) is 0 Å². The minimum atomic E-state index is -0.854. The van der Waals surface area contributed by atoms with E-state index in [4.69, 9.17) is 10.8 Å². The average molecular weight is 233 g/mol. The number of benzene rings is 1. The quantitative estimate of drug-likeness (QED) is 0.856. The van der Waals surface area contributed by atoms with Crippen molar-refractivity contribution in [1.29, 1.82) is 0 Å². The predicted octanol–water partition coefficient (Wildman–Crippen LogP) is 2.62. The van der Waals surface area contributed by atoms with Crippen LogP contribution < -0.4 is 5.73 Å². The lowest BCUT2D eigenvalue weighted by Gasteiger charge is -2.00. The van der Waals surface area contributed by atoms with Gasteiger partial charge in [0.05, 0.1) is 12.1 Å². The second-order valence-electron chi connectivity index (χ2n) is 3.42. The first-order chi connectivity index (χ1) is 7.68. The average Bonchev–Trinajstić information content (AvgIpc) is 2.61. The summed E-state index contributed by atoms with van der Waals surface area (Å²) >= 11 is 1.39. The zero-order valence-electron chi connectivity index (χ0n) is 8.51.